The molecule has 0 atom stereocenters. The fraction of sp³-hybridized carbons (Fsp3) is 0.818. The maximum absolute atomic E-state index is 12.8. The molecular weight excluding hydrogens is 358 g/mol. The molecule has 0 N–H and O–H groups in total. The van der Waals surface area contributed by atoms with Crippen molar-refractivity contribution in [3.05, 3.63) is 12.7 Å². The molecule has 1 saturated carbocycles. The van der Waals surface area contributed by atoms with E-state index < -0.39 is 16.9 Å². The summed E-state index contributed by atoms with van der Waals surface area (Å²) >= 11 is 0. The second-order valence-electron chi connectivity index (χ2n) is 9.76. The number of rotatable bonds is 3. The first kappa shape index (κ1) is 21.3. The zero-order valence-electron chi connectivity index (χ0n) is 17.8. The molecule has 0 radical (unpaired) electrons. The van der Waals surface area contributed by atoms with E-state index >= 15 is 0 Å². The molecule has 3 rings (SSSR count). The van der Waals surface area contributed by atoms with Crippen molar-refractivity contribution in [2.24, 2.45) is 5.92 Å². The summed E-state index contributed by atoms with van der Waals surface area (Å²) in [6.45, 7) is 12.4. The minimum absolute atomic E-state index is 0.0911. The normalized spacial score (nSPS) is 27.4. The van der Waals surface area contributed by atoms with Gasteiger partial charge in [0.1, 0.15) is 12.0 Å². The first-order valence-electron chi connectivity index (χ1n) is 10.5. The standard InChI is InChI=1S/C22H35NO5/c1-6-18(24)23-20(2,3)12-17(13-21(23,4)5)28-19(25)16-14-26-22(27-15-16)10-8-7-9-11-22/h6,16-17H,1,7-15H2,2-5H3. The van der Waals surface area contributed by atoms with Crippen LogP contribution in [0.3, 0.4) is 0 Å². The number of hydrogen-bond acceptors (Lipinski definition) is 5. The molecular formula is C22H35NO5. The minimum Gasteiger partial charge on any atom is -0.462 e. The average Bonchev–Trinajstić information content (AvgIpc) is 2.60. The number of amides is 1. The third-order valence-corrected chi connectivity index (χ3v) is 6.39. The summed E-state index contributed by atoms with van der Waals surface area (Å²) in [6.07, 6.45) is 7.58. The van der Waals surface area contributed by atoms with Gasteiger partial charge in [0.15, 0.2) is 5.79 Å². The van der Waals surface area contributed by atoms with Gasteiger partial charge in [-0.1, -0.05) is 13.0 Å². The van der Waals surface area contributed by atoms with Gasteiger partial charge in [0.2, 0.25) is 5.91 Å². The Bertz CT molecular complexity index is 592. The highest BCUT2D eigenvalue weighted by Gasteiger charge is 2.49. The van der Waals surface area contributed by atoms with Gasteiger partial charge in [-0.25, -0.2) is 0 Å². The van der Waals surface area contributed by atoms with Crippen LogP contribution in [0.1, 0.15) is 72.6 Å². The molecule has 1 amide bonds. The van der Waals surface area contributed by atoms with E-state index in [1.807, 2.05) is 32.6 Å². The lowest BCUT2D eigenvalue weighted by Crippen LogP contribution is -2.64. The molecule has 1 aliphatic carbocycles. The number of nitrogens with zero attached hydrogens (tertiary/aromatic N) is 1. The first-order valence-corrected chi connectivity index (χ1v) is 10.5. The molecule has 0 aromatic heterocycles. The Hall–Kier alpha value is -1.40. The molecule has 1 spiro atoms. The van der Waals surface area contributed by atoms with Gasteiger partial charge < -0.3 is 19.1 Å². The SMILES string of the molecule is C=CC(=O)N1C(C)(C)CC(OC(=O)C2COC3(CCCCC3)OC2)CC1(C)C. The van der Waals surface area contributed by atoms with Crippen molar-refractivity contribution in [1.29, 1.82) is 0 Å². The van der Waals surface area contributed by atoms with Crippen molar-refractivity contribution in [3.8, 4) is 0 Å². The molecule has 6 nitrogen and oxygen atoms in total. The summed E-state index contributed by atoms with van der Waals surface area (Å²) in [5.41, 5.74) is -0.854. The maximum Gasteiger partial charge on any atom is 0.313 e. The number of carbonyl (C=O) groups is 2. The van der Waals surface area contributed by atoms with Crippen LogP contribution in [-0.4, -0.2) is 53.0 Å². The van der Waals surface area contributed by atoms with Gasteiger partial charge in [-0.05, 0) is 46.6 Å². The van der Waals surface area contributed by atoms with Gasteiger partial charge in [0, 0.05) is 36.8 Å². The summed E-state index contributed by atoms with van der Waals surface area (Å²) in [4.78, 5) is 27.0. The van der Waals surface area contributed by atoms with Crippen LogP contribution in [-0.2, 0) is 23.8 Å². The summed E-state index contributed by atoms with van der Waals surface area (Å²) in [7, 11) is 0. The number of ether oxygens (including phenoxy) is 3. The topological polar surface area (TPSA) is 65.1 Å². The van der Waals surface area contributed by atoms with Crippen molar-refractivity contribution in [2.45, 2.75) is 95.6 Å². The number of esters is 1. The summed E-state index contributed by atoms with van der Waals surface area (Å²) in [5, 5.41) is 0. The van der Waals surface area contributed by atoms with Gasteiger partial charge in [0.25, 0.3) is 0 Å². The fourth-order valence-corrected chi connectivity index (χ4v) is 5.33. The third kappa shape index (κ3) is 4.28. The molecule has 6 heteroatoms. The van der Waals surface area contributed by atoms with E-state index in [0.29, 0.717) is 26.1 Å². The van der Waals surface area contributed by atoms with Crippen LogP contribution < -0.4 is 0 Å². The Balaban J connectivity index is 1.59. The number of hydrogen-bond donors (Lipinski definition) is 0. The molecule has 0 unspecified atom stereocenters. The van der Waals surface area contributed by atoms with E-state index in [4.69, 9.17) is 14.2 Å². The highest BCUT2D eigenvalue weighted by molar-refractivity contribution is 5.88. The zero-order valence-corrected chi connectivity index (χ0v) is 17.8. The quantitative estimate of drug-likeness (QED) is 0.542. The van der Waals surface area contributed by atoms with Crippen molar-refractivity contribution in [3.63, 3.8) is 0 Å². The van der Waals surface area contributed by atoms with E-state index in [0.717, 1.165) is 25.7 Å². The largest absolute Gasteiger partial charge is 0.462 e. The van der Waals surface area contributed by atoms with Crippen LogP contribution in [0.2, 0.25) is 0 Å². The van der Waals surface area contributed by atoms with Crippen LogP contribution in [0.4, 0.5) is 0 Å². The van der Waals surface area contributed by atoms with Gasteiger partial charge in [0.05, 0.1) is 13.2 Å². The average molecular weight is 394 g/mol. The van der Waals surface area contributed by atoms with Crippen molar-refractivity contribution < 1.29 is 23.8 Å². The molecule has 3 aliphatic rings. The van der Waals surface area contributed by atoms with E-state index in [2.05, 4.69) is 6.58 Å². The van der Waals surface area contributed by atoms with Crippen LogP contribution in [0.15, 0.2) is 12.7 Å². The van der Waals surface area contributed by atoms with Gasteiger partial charge in [-0.2, -0.15) is 0 Å². The van der Waals surface area contributed by atoms with Crippen molar-refractivity contribution in [1.82, 2.24) is 4.90 Å². The molecule has 3 fully saturated rings. The number of carbonyl (C=O) groups excluding carboxylic acids is 2. The minimum atomic E-state index is -0.477. The van der Waals surface area contributed by atoms with Gasteiger partial charge >= 0.3 is 5.97 Å². The predicted octanol–water partition coefficient (Wildman–Crippen LogP) is 3.59. The van der Waals surface area contributed by atoms with Crippen LogP contribution >= 0.6 is 0 Å². The van der Waals surface area contributed by atoms with E-state index in [1.54, 1.807) is 0 Å². The van der Waals surface area contributed by atoms with Crippen molar-refractivity contribution >= 4 is 11.9 Å². The third-order valence-electron chi connectivity index (χ3n) is 6.39. The zero-order chi connectivity index (χ0) is 20.6. The maximum atomic E-state index is 12.8. The Morgan fingerprint density at radius 1 is 1.00 bits per heavy atom. The molecule has 0 bridgehead atoms. The van der Waals surface area contributed by atoms with Crippen LogP contribution in [0.25, 0.3) is 0 Å². The van der Waals surface area contributed by atoms with Gasteiger partial charge in [-0.3, -0.25) is 9.59 Å². The Labute approximate surface area is 168 Å². The molecule has 28 heavy (non-hydrogen) atoms. The first-order chi connectivity index (χ1) is 13.1. The molecule has 0 aromatic carbocycles. The van der Waals surface area contributed by atoms with E-state index in [-0.39, 0.29) is 23.9 Å². The number of piperidine rings is 1. The fourth-order valence-electron chi connectivity index (χ4n) is 5.33. The summed E-state index contributed by atoms with van der Waals surface area (Å²) in [6, 6.07) is 0. The lowest BCUT2D eigenvalue weighted by Gasteiger charge is -2.54. The van der Waals surface area contributed by atoms with Crippen LogP contribution in [0, 0.1) is 5.92 Å². The highest BCUT2D eigenvalue weighted by Crippen LogP contribution is 2.41. The lowest BCUT2D eigenvalue weighted by molar-refractivity contribution is -0.294. The predicted molar refractivity (Wildman–Crippen MR) is 106 cm³/mol. The molecule has 2 saturated heterocycles. The highest BCUT2D eigenvalue weighted by atomic mass is 16.7. The van der Waals surface area contributed by atoms with Crippen molar-refractivity contribution in [2.75, 3.05) is 13.2 Å². The number of likely N-dealkylation sites (tertiary alicyclic amines) is 1. The monoisotopic (exact) mass is 393 g/mol. The van der Waals surface area contributed by atoms with E-state index in [1.165, 1.54) is 12.5 Å². The molecule has 158 valence electrons. The Morgan fingerprint density at radius 2 is 1.54 bits per heavy atom. The smallest absolute Gasteiger partial charge is 0.313 e. The molecule has 2 aliphatic heterocycles. The van der Waals surface area contributed by atoms with E-state index in [9.17, 15) is 9.59 Å². The summed E-state index contributed by atoms with van der Waals surface area (Å²) < 4.78 is 17.9. The summed E-state index contributed by atoms with van der Waals surface area (Å²) in [5.74, 6) is -1.21. The second-order valence-corrected chi connectivity index (χ2v) is 9.76. The van der Waals surface area contributed by atoms with Gasteiger partial charge in [-0.15, -0.1) is 0 Å². The second kappa shape index (κ2) is 7.79. The van der Waals surface area contributed by atoms with Crippen LogP contribution in [0.5, 0.6) is 0 Å². The molecule has 0 aromatic rings. The lowest BCUT2D eigenvalue weighted by atomic mass is 9.78. The Morgan fingerprint density at radius 3 is 2.04 bits per heavy atom. The Kier molecular flexibility index (Phi) is 5.93. The molecule has 2 heterocycles.